The van der Waals surface area contributed by atoms with Crippen molar-refractivity contribution in [3.63, 3.8) is 0 Å². The number of phenols is 1. The second-order valence-electron chi connectivity index (χ2n) is 12.2. The van der Waals surface area contributed by atoms with E-state index >= 15 is 0 Å². The number of carbonyl (C=O) groups excluding carboxylic acids is 3. The summed E-state index contributed by atoms with van der Waals surface area (Å²) in [5, 5.41) is 15.8. The Morgan fingerprint density at radius 3 is 2.17 bits per heavy atom. The quantitative estimate of drug-likeness (QED) is 0.330. The summed E-state index contributed by atoms with van der Waals surface area (Å²) in [6.45, 7) is 11.2. The summed E-state index contributed by atoms with van der Waals surface area (Å²) in [6, 6.07) is 12.1. The van der Waals surface area contributed by atoms with Crippen LogP contribution in [0.15, 0.2) is 48.5 Å². The van der Waals surface area contributed by atoms with Crippen molar-refractivity contribution in [2.75, 3.05) is 0 Å². The molecule has 2 aromatic carbocycles. The maximum Gasteiger partial charge on any atom is 0.408 e. The number of hydrogen-bond donors (Lipinski definition) is 3. The van der Waals surface area contributed by atoms with Crippen LogP contribution in [0.2, 0.25) is 0 Å². The Bertz CT molecular complexity index is 1150. The average molecular weight is 566 g/mol. The highest BCUT2D eigenvalue weighted by molar-refractivity contribution is 5.92. The van der Waals surface area contributed by atoms with Gasteiger partial charge in [-0.1, -0.05) is 68.1 Å². The summed E-state index contributed by atoms with van der Waals surface area (Å²) < 4.78 is 5.51. The Balaban J connectivity index is 2.03. The fourth-order valence-corrected chi connectivity index (χ4v) is 5.21. The lowest BCUT2D eigenvalue weighted by Crippen LogP contribution is -2.56. The van der Waals surface area contributed by atoms with Crippen molar-refractivity contribution in [3.05, 3.63) is 65.2 Å². The zero-order valence-corrected chi connectivity index (χ0v) is 25.4. The Labute approximate surface area is 244 Å². The molecule has 8 heteroatoms. The average Bonchev–Trinajstić information content (AvgIpc) is 2.92. The summed E-state index contributed by atoms with van der Waals surface area (Å²) in [7, 11) is 0. The van der Waals surface area contributed by atoms with Crippen molar-refractivity contribution in [1.82, 2.24) is 15.5 Å². The summed E-state index contributed by atoms with van der Waals surface area (Å²) in [6.07, 6.45) is 5.23. The van der Waals surface area contributed by atoms with E-state index in [9.17, 15) is 19.5 Å². The van der Waals surface area contributed by atoms with Gasteiger partial charge in [0.2, 0.25) is 11.8 Å². The van der Waals surface area contributed by atoms with Crippen molar-refractivity contribution < 1.29 is 24.2 Å². The summed E-state index contributed by atoms with van der Waals surface area (Å²) in [5.74, 6) is -0.477. The fraction of sp³-hybridized carbons (Fsp3) is 0.545. The predicted molar refractivity (Wildman–Crippen MR) is 161 cm³/mol. The number of benzene rings is 2. The van der Waals surface area contributed by atoms with Gasteiger partial charge in [-0.3, -0.25) is 9.59 Å². The van der Waals surface area contributed by atoms with Gasteiger partial charge in [-0.2, -0.15) is 0 Å². The van der Waals surface area contributed by atoms with Crippen LogP contribution in [0, 0.1) is 6.92 Å². The molecule has 0 radical (unpaired) electrons. The molecule has 0 spiro atoms. The lowest BCUT2D eigenvalue weighted by Gasteiger charge is -2.39. The minimum absolute atomic E-state index is 0.0748. The van der Waals surface area contributed by atoms with Crippen molar-refractivity contribution in [2.45, 2.75) is 116 Å². The lowest BCUT2D eigenvalue weighted by atomic mass is 9.93. The Kier molecular flexibility index (Phi) is 11.2. The van der Waals surface area contributed by atoms with Gasteiger partial charge in [-0.25, -0.2) is 4.79 Å². The maximum atomic E-state index is 14.5. The molecule has 0 bridgehead atoms. The van der Waals surface area contributed by atoms with E-state index in [1.54, 1.807) is 49.9 Å². The fourth-order valence-electron chi connectivity index (χ4n) is 5.21. The van der Waals surface area contributed by atoms with Gasteiger partial charge in [0.05, 0.1) is 0 Å². The first-order valence-electron chi connectivity index (χ1n) is 14.8. The maximum absolute atomic E-state index is 14.5. The van der Waals surface area contributed by atoms with Gasteiger partial charge >= 0.3 is 6.09 Å². The van der Waals surface area contributed by atoms with Crippen molar-refractivity contribution >= 4 is 17.9 Å². The molecule has 3 amide bonds. The highest BCUT2D eigenvalue weighted by Gasteiger charge is 2.39. The number of amides is 3. The van der Waals surface area contributed by atoms with Gasteiger partial charge in [-0.05, 0) is 77.1 Å². The molecule has 224 valence electrons. The van der Waals surface area contributed by atoms with E-state index in [1.165, 1.54) is 6.42 Å². The number of aryl methyl sites for hydroxylation is 1. The Hall–Kier alpha value is -3.55. The molecule has 3 atom stereocenters. The van der Waals surface area contributed by atoms with Gasteiger partial charge < -0.3 is 25.4 Å². The lowest BCUT2D eigenvalue weighted by molar-refractivity contribution is -0.145. The van der Waals surface area contributed by atoms with Crippen LogP contribution in [0.5, 0.6) is 5.75 Å². The first-order chi connectivity index (χ1) is 19.4. The van der Waals surface area contributed by atoms with E-state index in [-0.39, 0.29) is 36.1 Å². The second kappa shape index (κ2) is 14.4. The van der Waals surface area contributed by atoms with Crippen molar-refractivity contribution in [2.24, 2.45) is 0 Å². The number of phenolic OH excluding ortho intramolecular Hbond substituents is 1. The molecular weight excluding hydrogens is 518 g/mol. The standard InChI is InChI=1S/C33H47N3O5/c1-7-23(3)36(29(25-17-13-22(2)14-18-25)30(38)34-26-11-9-8-10-12-26)31(39)28(35-32(40)41-33(4,5)6)21-24-15-19-27(37)20-16-24/h13-20,23,26,28-29,37H,7-12,21H2,1-6H3,(H,34,38)(H,35,40). The monoisotopic (exact) mass is 565 g/mol. The SMILES string of the molecule is CCC(C)N(C(=O)C(Cc1ccc(O)cc1)NC(=O)OC(C)(C)C)C(C(=O)NC1CCCCC1)c1ccc(C)cc1. The summed E-state index contributed by atoms with van der Waals surface area (Å²) >= 11 is 0. The van der Waals surface area contributed by atoms with E-state index in [1.807, 2.05) is 45.0 Å². The van der Waals surface area contributed by atoms with E-state index in [4.69, 9.17) is 4.74 Å². The van der Waals surface area contributed by atoms with Gasteiger partial charge in [0, 0.05) is 18.5 Å². The van der Waals surface area contributed by atoms with Crippen LogP contribution in [0.25, 0.3) is 0 Å². The van der Waals surface area contributed by atoms with E-state index in [0.29, 0.717) is 6.42 Å². The van der Waals surface area contributed by atoms with Crippen molar-refractivity contribution in [3.8, 4) is 5.75 Å². The number of nitrogens with zero attached hydrogens (tertiary/aromatic N) is 1. The van der Waals surface area contributed by atoms with Gasteiger partial charge in [0.25, 0.3) is 0 Å². The third kappa shape index (κ3) is 9.51. The topological polar surface area (TPSA) is 108 Å². The number of nitrogens with one attached hydrogen (secondary N) is 2. The minimum Gasteiger partial charge on any atom is -0.508 e. The molecule has 41 heavy (non-hydrogen) atoms. The number of rotatable bonds is 10. The first-order valence-corrected chi connectivity index (χ1v) is 14.8. The molecule has 3 rings (SSSR count). The molecule has 1 fully saturated rings. The molecular formula is C33H47N3O5. The minimum atomic E-state index is -1.00. The smallest absolute Gasteiger partial charge is 0.408 e. The van der Waals surface area contributed by atoms with E-state index < -0.39 is 23.8 Å². The second-order valence-corrected chi connectivity index (χ2v) is 12.2. The highest BCUT2D eigenvalue weighted by atomic mass is 16.6. The first kappa shape index (κ1) is 32.0. The largest absolute Gasteiger partial charge is 0.508 e. The van der Waals surface area contributed by atoms with E-state index in [0.717, 1.165) is 42.4 Å². The zero-order chi connectivity index (χ0) is 30.2. The molecule has 8 nitrogen and oxygen atoms in total. The van der Waals surface area contributed by atoms with Crippen LogP contribution in [0.4, 0.5) is 4.79 Å². The summed E-state index contributed by atoms with van der Waals surface area (Å²) in [5.41, 5.74) is 1.77. The Morgan fingerprint density at radius 2 is 1.61 bits per heavy atom. The van der Waals surface area contributed by atoms with Gasteiger partial charge in [0.15, 0.2) is 0 Å². The Morgan fingerprint density at radius 1 is 1.00 bits per heavy atom. The molecule has 0 saturated heterocycles. The third-order valence-electron chi connectivity index (χ3n) is 7.56. The van der Waals surface area contributed by atoms with Crippen LogP contribution >= 0.6 is 0 Å². The van der Waals surface area contributed by atoms with Crippen LogP contribution in [0.3, 0.4) is 0 Å². The molecule has 0 aliphatic heterocycles. The van der Waals surface area contributed by atoms with Gasteiger partial charge in [0.1, 0.15) is 23.4 Å². The normalized spacial score (nSPS) is 16.2. The summed E-state index contributed by atoms with van der Waals surface area (Å²) in [4.78, 5) is 43.1. The number of ether oxygens (including phenoxy) is 1. The van der Waals surface area contributed by atoms with Crippen LogP contribution < -0.4 is 10.6 Å². The molecule has 1 aliphatic carbocycles. The van der Waals surface area contributed by atoms with Crippen LogP contribution in [-0.2, 0) is 20.7 Å². The van der Waals surface area contributed by atoms with E-state index in [2.05, 4.69) is 10.6 Å². The number of hydrogen-bond acceptors (Lipinski definition) is 5. The number of aromatic hydroxyl groups is 1. The molecule has 1 saturated carbocycles. The molecule has 1 aliphatic rings. The number of alkyl carbamates (subject to hydrolysis) is 1. The van der Waals surface area contributed by atoms with Gasteiger partial charge in [-0.15, -0.1) is 0 Å². The molecule has 3 N–H and O–H groups in total. The molecule has 3 unspecified atom stereocenters. The third-order valence-corrected chi connectivity index (χ3v) is 7.56. The zero-order valence-electron chi connectivity index (χ0n) is 25.4. The highest BCUT2D eigenvalue weighted by Crippen LogP contribution is 2.28. The van der Waals surface area contributed by atoms with Crippen LogP contribution in [-0.4, -0.2) is 51.6 Å². The molecule has 0 heterocycles. The number of carbonyl (C=O) groups is 3. The van der Waals surface area contributed by atoms with Crippen LogP contribution in [0.1, 0.15) is 95.9 Å². The molecule has 2 aromatic rings. The molecule has 0 aromatic heterocycles. The van der Waals surface area contributed by atoms with Crippen molar-refractivity contribution in [1.29, 1.82) is 0 Å². The predicted octanol–water partition coefficient (Wildman–Crippen LogP) is 5.95.